The van der Waals surface area contributed by atoms with E-state index >= 15 is 0 Å². The fourth-order valence-corrected chi connectivity index (χ4v) is 5.43. The van der Waals surface area contributed by atoms with Gasteiger partial charge in [-0.15, -0.1) is 0 Å². The number of hydrogen-bond acceptors (Lipinski definition) is 5. The molecule has 1 spiro atoms. The third-order valence-corrected chi connectivity index (χ3v) is 6.98. The van der Waals surface area contributed by atoms with Gasteiger partial charge in [0, 0.05) is 16.1 Å². The van der Waals surface area contributed by atoms with Crippen LogP contribution in [0.3, 0.4) is 0 Å². The first-order valence-electron chi connectivity index (χ1n) is 10.5. The van der Waals surface area contributed by atoms with Crippen molar-refractivity contribution in [3.8, 4) is 0 Å². The minimum absolute atomic E-state index is 0.208. The Morgan fingerprint density at radius 1 is 0.727 bits per heavy atom. The molecule has 162 valence electrons. The molecule has 3 aromatic carbocycles. The van der Waals surface area contributed by atoms with E-state index < -0.39 is 46.9 Å². The van der Waals surface area contributed by atoms with Gasteiger partial charge in [-0.25, -0.2) is 4.90 Å². The molecule has 0 aromatic heterocycles. The molecule has 7 heteroatoms. The van der Waals surface area contributed by atoms with Crippen LogP contribution < -0.4 is 4.90 Å². The number of anilines is 1. The maximum atomic E-state index is 13.8. The van der Waals surface area contributed by atoms with Crippen LogP contribution in [0.2, 0.25) is 5.02 Å². The maximum absolute atomic E-state index is 13.8. The van der Waals surface area contributed by atoms with Gasteiger partial charge in [0.05, 0.1) is 23.6 Å². The SMILES string of the molecule is O=C1[C@H]2[C@@H](c3ccccc3)OC3(C(=O)c4ccccc4C3=O)[C@H]2C(=O)N1c1ccc(Cl)cc1. The van der Waals surface area contributed by atoms with Crippen molar-refractivity contribution in [1.29, 1.82) is 0 Å². The monoisotopic (exact) mass is 457 g/mol. The van der Waals surface area contributed by atoms with E-state index in [0.717, 1.165) is 4.90 Å². The van der Waals surface area contributed by atoms with Gasteiger partial charge in [-0.05, 0) is 29.8 Å². The minimum Gasteiger partial charge on any atom is -0.349 e. The second-order valence-electron chi connectivity index (χ2n) is 8.38. The molecule has 2 fully saturated rings. The normalized spacial score (nSPS) is 25.1. The van der Waals surface area contributed by atoms with Crippen LogP contribution in [-0.2, 0) is 14.3 Å². The summed E-state index contributed by atoms with van der Waals surface area (Å²) in [5, 5.41) is 0.455. The number of nitrogens with zero attached hydrogens (tertiary/aromatic N) is 1. The summed E-state index contributed by atoms with van der Waals surface area (Å²) in [6, 6.07) is 21.6. The zero-order chi connectivity index (χ0) is 22.9. The molecule has 2 aliphatic heterocycles. The van der Waals surface area contributed by atoms with E-state index in [1.165, 1.54) is 0 Å². The standard InChI is InChI=1S/C26H16ClNO5/c27-15-10-12-16(13-11-15)28-24(31)19-20(25(28)32)26(33-21(19)14-6-2-1-3-7-14)22(29)17-8-4-5-9-18(17)23(26)30/h1-13,19-21H/t19-,20-,21-/m1/s1. The van der Waals surface area contributed by atoms with Gasteiger partial charge in [-0.3, -0.25) is 19.2 Å². The Morgan fingerprint density at radius 2 is 1.30 bits per heavy atom. The van der Waals surface area contributed by atoms with Gasteiger partial charge in [-0.2, -0.15) is 0 Å². The third kappa shape index (κ3) is 2.53. The number of amides is 2. The van der Waals surface area contributed by atoms with E-state index in [1.54, 1.807) is 72.8 Å². The molecule has 33 heavy (non-hydrogen) atoms. The number of carbonyl (C=O) groups excluding carboxylic acids is 4. The first kappa shape index (κ1) is 20.0. The molecule has 0 saturated carbocycles. The van der Waals surface area contributed by atoms with Crippen molar-refractivity contribution in [3.05, 3.63) is 101 Å². The molecule has 3 aliphatic rings. The van der Waals surface area contributed by atoms with Crippen LogP contribution in [0.1, 0.15) is 32.4 Å². The molecule has 3 atom stereocenters. The summed E-state index contributed by atoms with van der Waals surface area (Å²) in [6.45, 7) is 0. The van der Waals surface area contributed by atoms with E-state index in [1.807, 2.05) is 6.07 Å². The lowest BCUT2D eigenvalue weighted by molar-refractivity contribution is -0.127. The van der Waals surface area contributed by atoms with Gasteiger partial charge < -0.3 is 4.74 Å². The smallest absolute Gasteiger partial charge is 0.241 e. The Balaban J connectivity index is 1.55. The zero-order valence-corrected chi connectivity index (χ0v) is 17.9. The van der Waals surface area contributed by atoms with Crippen LogP contribution >= 0.6 is 11.6 Å². The van der Waals surface area contributed by atoms with Crippen molar-refractivity contribution in [2.75, 3.05) is 4.90 Å². The predicted octanol–water partition coefficient (Wildman–Crippen LogP) is 4.04. The summed E-state index contributed by atoms with van der Waals surface area (Å²) in [7, 11) is 0. The number of carbonyl (C=O) groups is 4. The van der Waals surface area contributed by atoms with Crippen LogP contribution in [0.4, 0.5) is 5.69 Å². The lowest BCUT2D eigenvalue weighted by Gasteiger charge is -2.27. The maximum Gasteiger partial charge on any atom is 0.241 e. The van der Waals surface area contributed by atoms with Crippen LogP contribution in [0, 0.1) is 11.8 Å². The second kappa shape index (κ2) is 6.94. The molecule has 6 rings (SSSR count). The van der Waals surface area contributed by atoms with Gasteiger partial charge in [0.2, 0.25) is 29.0 Å². The Bertz CT molecular complexity index is 1320. The summed E-state index contributed by atoms with van der Waals surface area (Å²) in [6.07, 6.45) is -0.924. The van der Waals surface area contributed by atoms with E-state index in [-0.39, 0.29) is 11.1 Å². The van der Waals surface area contributed by atoms with Crippen LogP contribution in [0.5, 0.6) is 0 Å². The predicted molar refractivity (Wildman–Crippen MR) is 119 cm³/mol. The fourth-order valence-electron chi connectivity index (χ4n) is 5.31. The third-order valence-electron chi connectivity index (χ3n) is 6.73. The molecule has 1 aliphatic carbocycles. The Hall–Kier alpha value is -3.61. The average Bonchev–Trinajstić information content (AvgIpc) is 3.41. The van der Waals surface area contributed by atoms with Crippen molar-refractivity contribution >= 4 is 40.7 Å². The van der Waals surface area contributed by atoms with Crippen molar-refractivity contribution < 1.29 is 23.9 Å². The van der Waals surface area contributed by atoms with E-state index in [9.17, 15) is 19.2 Å². The number of ketones is 2. The average molecular weight is 458 g/mol. The van der Waals surface area contributed by atoms with E-state index in [2.05, 4.69) is 0 Å². The van der Waals surface area contributed by atoms with E-state index in [4.69, 9.17) is 16.3 Å². The number of benzene rings is 3. The molecule has 0 unspecified atom stereocenters. The van der Waals surface area contributed by atoms with Crippen molar-refractivity contribution in [1.82, 2.24) is 0 Å². The highest BCUT2D eigenvalue weighted by Crippen LogP contribution is 2.57. The van der Waals surface area contributed by atoms with Gasteiger partial charge in [-0.1, -0.05) is 66.2 Å². The highest BCUT2D eigenvalue weighted by molar-refractivity contribution is 6.37. The van der Waals surface area contributed by atoms with Gasteiger partial charge in [0.1, 0.15) is 0 Å². The fraction of sp³-hybridized carbons (Fsp3) is 0.154. The number of rotatable bonds is 2. The molecule has 3 aromatic rings. The van der Waals surface area contributed by atoms with Gasteiger partial charge in [0.25, 0.3) is 0 Å². The van der Waals surface area contributed by atoms with Crippen LogP contribution in [0.15, 0.2) is 78.9 Å². The number of fused-ring (bicyclic) bond motifs is 3. The largest absolute Gasteiger partial charge is 0.349 e. The zero-order valence-electron chi connectivity index (χ0n) is 17.1. The number of Topliss-reactive ketones (excluding diaryl/α,β-unsaturated/α-hetero) is 2. The highest BCUT2D eigenvalue weighted by atomic mass is 35.5. The van der Waals surface area contributed by atoms with Gasteiger partial charge >= 0.3 is 0 Å². The second-order valence-corrected chi connectivity index (χ2v) is 8.82. The quantitative estimate of drug-likeness (QED) is 0.428. The minimum atomic E-state index is -2.07. The molecular formula is C26H16ClNO5. The Morgan fingerprint density at radius 3 is 1.91 bits per heavy atom. The number of imide groups is 1. The summed E-state index contributed by atoms with van der Waals surface area (Å²) in [5.41, 5.74) is -0.690. The molecule has 0 bridgehead atoms. The molecule has 0 N–H and O–H groups in total. The molecule has 2 heterocycles. The Kier molecular flexibility index (Phi) is 4.21. The van der Waals surface area contributed by atoms with Crippen LogP contribution in [0.25, 0.3) is 0 Å². The molecule has 0 radical (unpaired) electrons. The summed E-state index contributed by atoms with van der Waals surface area (Å²) >= 11 is 5.98. The molecule has 6 nitrogen and oxygen atoms in total. The van der Waals surface area contributed by atoms with E-state index in [0.29, 0.717) is 16.3 Å². The van der Waals surface area contributed by atoms with Crippen LogP contribution in [-0.4, -0.2) is 29.0 Å². The molecule has 2 saturated heterocycles. The van der Waals surface area contributed by atoms with Crippen molar-refractivity contribution in [2.45, 2.75) is 11.7 Å². The van der Waals surface area contributed by atoms with Gasteiger partial charge in [0.15, 0.2) is 0 Å². The number of halogens is 1. The molecular weight excluding hydrogens is 442 g/mol. The number of hydrogen-bond donors (Lipinski definition) is 0. The summed E-state index contributed by atoms with van der Waals surface area (Å²) in [5.74, 6) is -4.56. The summed E-state index contributed by atoms with van der Waals surface area (Å²) in [4.78, 5) is 55.8. The first-order chi connectivity index (χ1) is 15.9. The highest BCUT2D eigenvalue weighted by Gasteiger charge is 2.74. The number of ether oxygens (including phenoxy) is 1. The van der Waals surface area contributed by atoms with Crippen molar-refractivity contribution in [3.63, 3.8) is 0 Å². The van der Waals surface area contributed by atoms with Crippen molar-refractivity contribution in [2.24, 2.45) is 11.8 Å². The first-order valence-corrected chi connectivity index (χ1v) is 10.9. The lowest BCUT2D eigenvalue weighted by Crippen LogP contribution is -2.51. The summed E-state index contributed by atoms with van der Waals surface area (Å²) < 4.78 is 6.23. The topological polar surface area (TPSA) is 80.8 Å². The lowest BCUT2D eigenvalue weighted by atomic mass is 9.77. The molecule has 2 amide bonds. The Labute approximate surface area is 193 Å².